The number of fused-ring (bicyclic) bond motifs is 3. The second-order valence-corrected chi connectivity index (χ2v) is 10.1. The summed E-state index contributed by atoms with van der Waals surface area (Å²) in [6.07, 6.45) is -3.17. The number of rotatable bonds is 3. The maximum absolute atomic E-state index is 14.1. The standard InChI is InChI=1S/C25H25ClF3N5O4/c26-15-3-5-16(6-4-15)30-23(37)32-12-19(35)13-33(32)24(38)31-17-7-10-21(20(11-17)25(27,28)29)34-18-8-1-14(2-9-18)22(34)36/h3-7,10-11,14,18-19,35H,1-2,8-9,12-13H2,(H,30,37)(H,31,38). The molecule has 13 heteroatoms. The monoisotopic (exact) mass is 551 g/mol. The van der Waals surface area contributed by atoms with Crippen LogP contribution in [0.3, 0.4) is 0 Å². The lowest BCUT2D eigenvalue weighted by Gasteiger charge is -2.45. The number of aliphatic hydroxyl groups excluding tert-OH is 1. The van der Waals surface area contributed by atoms with E-state index < -0.39 is 29.9 Å². The molecule has 0 radical (unpaired) electrons. The number of β-amino-alcohol motifs (C(OH)–C–C–N with tert-alkyl or cyclic N) is 1. The quantitative estimate of drug-likeness (QED) is 0.503. The summed E-state index contributed by atoms with van der Waals surface area (Å²) in [7, 11) is 0. The van der Waals surface area contributed by atoms with Crippen LogP contribution in [0.15, 0.2) is 42.5 Å². The number of anilines is 3. The SMILES string of the molecule is O=C1C2CCC(CC2)N1c1ccc(NC(=O)N2CC(O)CN2C(=O)Nc2ccc(Cl)cc2)cc1C(F)(F)F. The van der Waals surface area contributed by atoms with Crippen molar-refractivity contribution in [2.75, 3.05) is 28.6 Å². The predicted octanol–water partition coefficient (Wildman–Crippen LogP) is 4.92. The first kappa shape index (κ1) is 26.1. The van der Waals surface area contributed by atoms with Crippen molar-refractivity contribution >= 4 is 46.6 Å². The maximum Gasteiger partial charge on any atom is 0.418 e. The Kier molecular flexibility index (Phi) is 6.86. The number of nitrogens with one attached hydrogen (secondary N) is 2. The minimum Gasteiger partial charge on any atom is -0.389 e. The molecule has 3 heterocycles. The molecular formula is C25H25ClF3N5O4. The molecule has 1 atom stereocenters. The van der Waals surface area contributed by atoms with Crippen LogP contribution in [-0.4, -0.2) is 58.3 Å². The van der Waals surface area contributed by atoms with Crippen LogP contribution in [0.25, 0.3) is 0 Å². The Morgan fingerprint density at radius 1 is 0.895 bits per heavy atom. The smallest absolute Gasteiger partial charge is 0.389 e. The number of alkyl halides is 3. The number of nitrogens with zero attached hydrogens (tertiary/aromatic N) is 3. The second kappa shape index (κ2) is 9.99. The molecule has 1 aliphatic carbocycles. The normalized spacial score (nSPS) is 23.1. The van der Waals surface area contributed by atoms with Crippen molar-refractivity contribution in [2.24, 2.45) is 5.92 Å². The van der Waals surface area contributed by atoms with Crippen molar-refractivity contribution in [2.45, 2.75) is 44.0 Å². The van der Waals surface area contributed by atoms with Crippen LogP contribution in [-0.2, 0) is 11.0 Å². The van der Waals surface area contributed by atoms with Gasteiger partial charge >= 0.3 is 18.2 Å². The predicted molar refractivity (Wildman–Crippen MR) is 134 cm³/mol. The van der Waals surface area contributed by atoms with E-state index in [1.807, 2.05) is 0 Å². The number of halogens is 4. The Morgan fingerprint density at radius 3 is 2.00 bits per heavy atom. The Bertz CT molecular complexity index is 1250. The van der Waals surface area contributed by atoms with Crippen LogP contribution >= 0.6 is 11.6 Å². The number of carbonyl (C=O) groups excluding carboxylic acids is 3. The lowest BCUT2D eigenvalue weighted by atomic mass is 9.78. The van der Waals surface area contributed by atoms with Gasteiger partial charge in [0.25, 0.3) is 0 Å². The van der Waals surface area contributed by atoms with Gasteiger partial charge in [-0.2, -0.15) is 13.2 Å². The lowest BCUT2D eigenvalue weighted by molar-refractivity contribution is -0.137. The molecule has 3 saturated heterocycles. The van der Waals surface area contributed by atoms with E-state index in [2.05, 4.69) is 10.6 Å². The highest BCUT2D eigenvalue weighted by atomic mass is 35.5. The first-order chi connectivity index (χ1) is 18.0. The summed E-state index contributed by atoms with van der Waals surface area (Å²) in [5.41, 5.74) is -1.03. The summed E-state index contributed by atoms with van der Waals surface area (Å²) in [5.74, 6) is -0.574. The summed E-state index contributed by atoms with van der Waals surface area (Å²) < 4.78 is 42.2. The number of amides is 5. The molecule has 3 N–H and O–H groups in total. The second-order valence-electron chi connectivity index (χ2n) is 9.63. The zero-order valence-corrected chi connectivity index (χ0v) is 20.8. The maximum atomic E-state index is 14.1. The van der Waals surface area contributed by atoms with Gasteiger partial charge in [-0.1, -0.05) is 11.6 Å². The average molecular weight is 552 g/mol. The van der Waals surface area contributed by atoms with Gasteiger partial charge in [-0.3, -0.25) is 4.79 Å². The fourth-order valence-electron chi connectivity index (χ4n) is 5.27. The number of piperidine rings is 2. The van der Waals surface area contributed by atoms with Crippen molar-refractivity contribution in [3.63, 3.8) is 0 Å². The highest BCUT2D eigenvalue weighted by molar-refractivity contribution is 6.30. The minimum atomic E-state index is -4.78. The molecule has 2 aromatic carbocycles. The van der Waals surface area contributed by atoms with E-state index in [-0.39, 0.29) is 42.3 Å². The van der Waals surface area contributed by atoms with Crippen molar-refractivity contribution in [3.8, 4) is 0 Å². The van der Waals surface area contributed by atoms with E-state index in [4.69, 9.17) is 11.6 Å². The fraction of sp³-hybridized carbons (Fsp3) is 0.400. The van der Waals surface area contributed by atoms with Crippen LogP contribution in [0.4, 0.5) is 39.8 Å². The van der Waals surface area contributed by atoms with Crippen LogP contribution in [0, 0.1) is 5.92 Å². The molecule has 9 nitrogen and oxygen atoms in total. The van der Waals surface area contributed by atoms with Gasteiger partial charge in [-0.25, -0.2) is 19.6 Å². The van der Waals surface area contributed by atoms with Gasteiger partial charge in [0.2, 0.25) is 5.91 Å². The van der Waals surface area contributed by atoms with E-state index in [0.717, 1.165) is 16.1 Å². The van der Waals surface area contributed by atoms with E-state index >= 15 is 0 Å². The molecule has 3 aliphatic heterocycles. The van der Waals surface area contributed by atoms with Crippen molar-refractivity contribution < 1.29 is 32.7 Å². The summed E-state index contributed by atoms with van der Waals surface area (Å²) in [6, 6.07) is 7.60. The number of carbonyl (C=O) groups is 3. The average Bonchev–Trinajstić information content (AvgIpc) is 3.28. The zero-order chi connectivity index (χ0) is 27.2. The van der Waals surface area contributed by atoms with Crippen molar-refractivity contribution in [3.05, 3.63) is 53.1 Å². The molecular weight excluding hydrogens is 527 g/mol. The molecule has 0 aromatic heterocycles. The van der Waals surface area contributed by atoms with Gasteiger partial charge in [0.05, 0.1) is 30.4 Å². The third-order valence-corrected chi connectivity index (χ3v) is 7.34. The number of hydrogen-bond donors (Lipinski definition) is 3. The Labute approximate surface area is 221 Å². The number of aliphatic hydroxyl groups is 1. The molecule has 5 amide bonds. The van der Waals surface area contributed by atoms with E-state index in [1.54, 1.807) is 24.3 Å². The largest absolute Gasteiger partial charge is 0.418 e. The van der Waals surface area contributed by atoms with E-state index in [9.17, 15) is 32.7 Å². The van der Waals surface area contributed by atoms with Gasteiger partial charge in [-0.05, 0) is 68.1 Å². The molecule has 202 valence electrons. The van der Waals surface area contributed by atoms with Gasteiger partial charge < -0.3 is 20.6 Å². The first-order valence-corrected chi connectivity index (χ1v) is 12.5. The van der Waals surface area contributed by atoms with E-state index in [1.165, 1.54) is 17.0 Å². The highest BCUT2D eigenvalue weighted by Crippen LogP contribution is 2.44. The van der Waals surface area contributed by atoms with Gasteiger partial charge in [0.15, 0.2) is 0 Å². The molecule has 6 rings (SSSR count). The molecule has 2 aromatic rings. The summed E-state index contributed by atoms with van der Waals surface area (Å²) in [4.78, 5) is 39.8. The van der Waals surface area contributed by atoms with Crippen molar-refractivity contribution in [1.82, 2.24) is 10.0 Å². The summed E-state index contributed by atoms with van der Waals surface area (Å²) in [6.45, 7) is -0.436. The minimum absolute atomic E-state index is 0.167. The van der Waals surface area contributed by atoms with Crippen LogP contribution in [0.5, 0.6) is 0 Å². The molecule has 4 aliphatic rings. The molecule has 2 bridgehead atoms. The topological polar surface area (TPSA) is 105 Å². The Hall–Kier alpha value is -3.51. The van der Waals surface area contributed by atoms with Crippen molar-refractivity contribution in [1.29, 1.82) is 0 Å². The molecule has 4 fully saturated rings. The number of hydrogen-bond acceptors (Lipinski definition) is 4. The highest BCUT2D eigenvalue weighted by Gasteiger charge is 2.45. The van der Waals surface area contributed by atoms with Gasteiger partial charge in [0.1, 0.15) is 0 Å². The fourth-order valence-corrected chi connectivity index (χ4v) is 5.40. The molecule has 0 spiro atoms. The molecule has 38 heavy (non-hydrogen) atoms. The van der Waals surface area contributed by atoms with Gasteiger partial charge in [-0.15, -0.1) is 0 Å². The number of hydrazine groups is 1. The number of urea groups is 2. The first-order valence-electron chi connectivity index (χ1n) is 12.2. The number of benzene rings is 2. The Balaban J connectivity index is 1.35. The Morgan fingerprint density at radius 2 is 1.45 bits per heavy atom. The van der Waals surface area contributed by atoms with Crippen LogP contribution in [0.1, 0.15) is 31.2 Å². The third kappa shape index (κ3) is 5.10. The molecule has 1 unspecified atom stereocenters. The van der Waals surface area contributed by atoms with Crippen LogP contribution < -0.4 is 15.5 Å². The van der Waals surface area contributed by atoms with Gasteiger partial charge in [0, 0.05) is 28.4 Å². The zero-order valence-electron chi connectivity index (χ0n) is 20.0. The summed E-state index contributed by atoms with van der Waals surface area (Å²) >= 11 is 5.85. The van der Waals surface area contributed by atoms with Crippen LogP contribution in [0.2, 0.25) is 5.02 Å². The summed E-state index contributed by atoms with van der Waals surface area (Å²) in [5, 5.41) is 17.4. The van der Waals surface area contributed by atoms with E-state index in [0.29, 0.717) is 36.4 Å². The molecule has 1 saturated carbocycles. The lowest BCUT2D eigenvalue weighted by Crippen LogP contribution is -2.53. The third-order valence-electron chi connectivity index (χ3n) is 7.08.